The molecule has 0 saturated carbocycles. The maximum absolute atomic E-state index is 4.70. The zero-order valence-electron chi connectivity index (χ0n) is 13.4. The Kier molecular flexibility index (Phi) is 5.00. The highest BCUT2D eigenvalue weighted by atomic mass is 32.1. The molecule has 0 spiro atoms. The molecule has 0 radical (unpaired) electrons. The average molecular weight is 324 g/mol. The van der Waals surface area contributed by atoms with E-state index in [1.165, 1.54) is 16.8 Å². The van der Waals surface area contributed by atoms with Crippen LogP contribution in [0.15, 0.2) is 54.2 Å². The molecule has 0 saturated heterocycles. The second-order valence-electron chi connectivity index (χ2n) is 5.51. The van der Waals surface area contributed by atoms with E-state index in [4.69, 9.17) is 4.98 Å². The lowest BCUT2D eigenvalue weighted by Crippen LogP contribution is -2.17. The van der Waals surface area contributed by atoms with Gasteiger partial charge in [0.05, 0.1) is 5.69 Å². The van der Waals surface area contributed by atoms with E-state index < -0.39 is 0 Å². The summed E-state index contributed by atoms with van der Waals surface area (Å²) in [5.41, 5.74) is 4.63. The fourth-order valence-electron chi connectivity index (χ4n) is 2.42. The number of pyridine rings is 1. The van der Waals surface area contributed by atoms with Gasteiger partial charge in [0.2, 0.25) is 0 Å². The van der Waals surface area contributed by atoms with Gasteiger partial charge in [-0.25, -0.2) is 4.98 Å². The molecule has 0 amide bonds. The van der Waals surface area contributed by atoms with Crippen molar-refractivity contribution in [3.05, 3.63) is 65.4 Å². The third kappa shape index (κ3) is 3.94. The first-order chi connectivity index (χ1) is 11.2. The zero-order chi connectivity index (χ0) is 16.1. The van der Waals surface area contributed by atoms with Crippen LogP contribution < -0.4 is 10.2 Å². The predicted octanol–water partition coefficient (Wildman–Crippen LogP) is 3.56. The number of thiazole rings is 1. The van der Waals surface area contributed by atoms with Crippen LogP contribution in [0.1, 0.15) is 11.3 Å². The molecule has 0 fully saturated rings. The standard InChI is InChI=1S/C18H20N4S/c1-22(2)17-8-9-19-10-15(17)11-20-12-16-13-23-18(21-16)14-6-4-3-5-7-14/h3-10,13,20H,11-12H2,1-2H3. The second kappa shape index (κ2) is 7.35. The van der Waals surface area contributed by atoms with Gasteiger partial charge in [-0.3, -0.25) is 4.98 Å². The molecule has 0 atom stereocenters. The van der Waals surface area contributed by atoms with Gasteiger partial charge in [-0.2, -0.15) is 0 Å². The van der Waals surface area contributed by atoms with Gasteiger partial charge >= 0.3 is 0 Å². The molecule has 3 rings (SSSR count). The van der Waals surface area contributed by atoms with Crippen LogP contribution in [0.2, 0.25) is 0 Å². The highest BCUT2D eigenvalue weighted by Gasteiger charge is 2.06. The number of nitrogens with zero attached hydrogens (tertiary/aromatic N) is 3. The number of nitrogens with one attached hydrogen (secondary N) is 1. The summed E-state index contributed by atoms with van der Waals surface area (Å²) in [6.45, 7) is 1.53. The summed E-state index contributed by atoms with van der Waals surface area (Å²) in [6, 6.07) is 12.3. The summed E-state index contributed by atoms with van der Waals surface area (Å²) in [5.74, 6) is 0. The third-order valence-corrected chi connectivity index (χ3v) is 4.49. The Labute approximate surface area is 140 Å². The maximum atomic E-state index is 4.70. The molecule has 0 bridgehead atoms. The van der Waals surface area contributed by atoms with E-state index in [0.29, 0.717) is 0 Å². The Morgan fingerprint density at radius 3 is 2.70 bits per heavy atom. The summed E-state index contributed by atoms with van der Waals surface area (Å²) in [7, 11) is 4.09. The predicted molar refractivity (Wildman–Crippen MR) is 96.7 cm³/mol. The smallest absolute Gasteiger partial charge is 0.123 e. The molecule has 3 aromatic rings. The van der Waals surface area contributed by atoms with Crippen molar-refractivity contribution in [2.75, 3.05) is 19.0 Å². The normalized spacial score (nSPS) is 10.7. The summed E-state index contributed by atoms with van der Waals surface area (Å²) in [5, 5.41) is 6.64. The number of benzene rings is 1. The van der Waals surface area contributed by atoms with Crippen LogP contribution in [-0.2, 0) is 13.1 Å². The van der Waals surface area contributed by atoms with Gasteiger partial charge in [-0.05, 0) is 6.07 Å². The van der Waals surface area contributed by atoms with E-state index in [0.717, 1.165) is 23.8 Å². The minimum atomic E-state index is 0.755. The van der Waals surface area contributed by atoms with Gasteiger partial charge in [0.15, 0.2) is 0 Å². The number of hydrogen-bond acceptors (Lipinski definition) is 5. The largest absolute Gasteiger partial charge is 0.377 e. The van der Waals surface area contributed by atoms with Crippen molar-refractivity contribution in [2.45, 2.75) is 13.1 Å². The Morgan fingerprint density at radius 2 is 1.91 bits per heavy atom. The summed E-state index contributed by atoms with van der Waals surface area (Å²) in [4.78, 5) is 11.0. The van der Waals surface area contributed by atoms with Crippen LogP contribution in [0.4, 0.5) is 5.69 Å². The highest BCUT2D eigenvalue weighted by molar-refractivity contribution is 7.13. The molecule has 0 aliphatic heterocycles. The minimum Gasteiger partial charge on any atom is -0.377 e. The van der Waals surface area contributed by atoms with Gasteiger partial charge in [-0.15, -0.1) is 11.3 Å². The topological polar surface area (TPSA) is 41.1 Å². The van der Waals surface area contributed by atoms with Crippen LogP contribution in [0.5, 0.6) is 0 Å². The molecule has 0 aliphatic rings. The fourth-order valence-corrected chi connectivity index (χ4v) is 3.24. The van der Waals surface area contributed by atoms with Crippen molar-refractivity contribution in [1.29, 1.82) is 0 Å². The van der Waals surface area contributed by atoms with Crippen LogP contribution in [0, 0.1) is 0 Å². The van der Waals surface area contributed by atoms with Gasteiger partial charge in [0.1, 0.15) is 5.01 Å². The molecule has 4 nitrogen and oxygen atoms in total. The summed E-state index contributed by atoms with van der Waals surface area (Å²) < 4.78 is 0. The number of rotatable bonds is 6. The van der Waals surface area contributed by atoms with E-state index in [1.807, 2.05) is 50.8 Å². The first-order valence-electron chi connectivity index (χ1n) is 7.55. The zero-order valence-corrected chi connectivity index (χ0v) is 14.2. The van der Waals surface area contributed by atoms with E-state index >= 15 is 0 Å². The molecule has 0 unspecified atom stereocenters. The molecule has 2 aromatic heterocycles. The Morgan fingerprint density at radius 1 is 1.09 bits per heavy atom. The van der Waals surface area contributed by atoms with Crippen molar-refractivity contribution >= 4 is 17.0 Å². The van der Waals surface area contributed by atoms with Gasteiger partial charge in [-0.1, -0.05) is 30.3 Å². The van der Waals surface area contributed by atoms with E-state index in [1.54, 1.807) is 11.3 Å². The third-order valence-electron chi connectivity index (χ3n) is 3.55. The Hall–Kier alpha value is -2.24. The van der Waals surface area contributed by atoms with Crippen LogP contribution in [0.25, 0.3) is 10.6 Å². The lowest BCUT2D eigenvalue weighted by atomic mass is 10.2. The molecule has 1 N–H and O–H groups in total. The molecule has 5 heteroatoms. The molecular weight excluding hydrogens is 304 g/mol. The van der Waals surface area contributed by atoms with Gasteiger partial charge < -0.3 is 10.2 Å². The van der Waals surface area contributed by atoms with Crippen molar-refractivity contribution in [2.24, 2.45) is 0 Å². The summed E-state index contributed by atoms with van der Waals surface area (Å²) >= 11 is 1.69. The van der Waals surface area contributed by atoms with Crippen molar-refractivity contribution in [3.63, 3.8) is 0 Å². The average Bonchev–Trinajstić information content (AvgIpc) is 3.05. The SMILES string of the molecule is CN(C)c1ccncc1CNCc1csc(-c2ccccc2)n1. The van der Waals surface area contributed by atoms with Gasteiger partial charge in [0.25, 0.3) is 0 Å². The van der Waals surface area contributed by atoms with Crippen molar-refractivity contribution in [1.82, 2.24) is 15.3 Å². The monoisotopic (exact) mass is 324 g/mol. The van der Waals surface area contributed by atoms with E-state index in [2.05, 4.69) is 32.7 Å². The van der Waals surface area contributed by atoms with Crippen molar-refractivity contribution < 1.29 is 0 Å². The first-order valence-corrected chi connectivity index (χ1v) is 8.43. The van der Waals surface area contributed by atoms with E-state index in [9.17, 15) is 0 Å². The van der Waals surface area contributed by atoms with Gasteiger partial charge in [0, 0.05) is 61.8 Å². The molecule has 0 aliphatic carbocycles. The quantitative estimate of drug-likeness (QED) is 0.753. The molecule has 1 aromatic carbocycles. The number of hydrogen-bond donors (Lipinski definition) is 1. The Balaban J connectivity index is 1.61. The van der Waals surface area contributed by atoms with Crippen LogP contribution in [-0.4, -0.2) is 24.1 Å². The first kappa shape index (κ1) is 15.6. The molecule has 2 heterocycles. The maximum Gasteiger partial charge on any atom is 0.123 e. The number of anilines is 1. The molecular formula is C18H20N4S. The number of aromatic nitrogens is 2. The second-order valence-corrected chi connectivity index (χ2v) is 6.37. The lowest BCUT2D eigenvalue weighted by molar-refractivity contribution is 0.680. The van der Waals surface area contributed by atoms with Crippen LogP contribution in [0.3, 0.4) is 0 Å². The van der Waals surface area contributed by atoms with E-state index in [-0.39, 0.29) is 0 Å². The lowest BCUT2D eigenvalue weighted by Gasteiger charge is -2.16. The Bertz CT molecular complexity index is 752. The molecule has 23 heavy (non-hydrogen) atoms. The minimum absolute atomic E-state index is 0.755. The fraction of sp³-hybridized carbons (Fsp3) is 0.222. The van der Waals surface area contributed by atoms with Crippen LogP contribution >= 0.6 is 11.3 Å². The summed E-state index contributed by atoms with van der Waals surface area (Å²) in [6.07, 6.45) is 3.74. The van der Waals surface area contributed by atoms with Crippen molar-refractivity contribution in [3.8, 4) is 10.6 Å². The highest BCUT2D eigenvalue weighted by Crippen LogP contribution is 2.23. The molecule has 118 valence electrons.